The number of ether oxygens (including phenoxy) is 1. The van der Waals surface area contributed by atoms with E-state index in [4.69, 9.17) is 4.74 Å². The SMILES string of the molecule is CC(C)C(=O)OCN1C=CC=C(C(=O)NCCO[N+](=O)[O-])C1. The molecule has 0 spiro atoms. The zero-order valence-electron chi connectivity index (χ0n) is 12.5. The molecule has 22 heavy (non-hydrogen) atoms. The molecule has 0 unspecified atom stereocenters. The van der Waals surface area contributed by atoms with Crippen LogP contribution in [0, 0.1) is 16.0 Å². The smallest absolute Gasteiger partial charge is 0.310 e. The molecule has 1 N–H and O–H groups in total. The summed E-state index contributed by atoms with van der Waals surface area (Å²) in [6, 6.07) is 0. The van der Waals surface area contributed by atoms with Gasteiger partial charge in [-0.25, -0.2) is 0 Å². The molecule has 9 nitrogen and oxygen atoms in total. The van der Waals surface area contributed by atoms with Crippen molar-refractivity contribution in [3.05, 3.63) is 34.0 Å². The van der Waals surface area contributed by atoms with Gasteiger partial charge in [-0.15, -0.1) is 10.1 Å². The molecule has 1 rings (SSSR count). The van der Waals surface area contributed by atoms with E-state index in [1.807, 2.05) is 0 Å². The molecule has 0 fully saturated rings. The minimum absolute atomic E-state index is 0.0310. The fourth-order valence-corrected chi connectivity index (χ4v) is 1.55. The van der Waals surface area contributed by atoms with Crippen molar-refractivity contribution in [2.75, 3.05) is 26.4 Å². The highest BCUT2D eigenvalue weighted by Crippen LogP contribution is 2.08. The Morgan fingerprint density at radius 3 is 2.86 bits per heavy atom. The largest absolute Gasteiger partial charge is 0.444 e. The average molecular weight is 313 g/mol. The number of carbonyl (C=O) groups excluding carboxylic acids is 2. The Bertz CT molecular complexity index is 486. The fraction of sp³-hybridized carbons (Fsp3) is 0.538. The van der Waals surface area contributed by atoms with Crippen molar-refractivity contribution in [2.45, 2.75) is 13.8 Å². The van der Waals surface area contributed by atoms with Crippen molar-refractivity contribution < 1.29 is 24.3 Å². The zero-order chi connectivity index (χ0) is 16.5. The van der Waals surface area contributed by atoms with Gasteiger partial charge in [0, 0.05) is 18.3 Å². The highest BCUT2D eigenvalue weighted by atomic mass is 16.9. The van der Waals surface area contributed by atoms with Crippen LogP contribution in [-0.2, 0) is 19.2 Å². The van der Waals surface area contributed by atoms with Gasteiger partial charge in [0.1, 0.15) is 6.61 Å². The Balaban J connectivity index is 2.35. The number of rotatable bonds is 8. The van der Waals surface area contributed by atoms with Gasteiger partial charge in [-0.2, -0.15) is 0 Å². The molecule has 0 radical (unpaired) electrons. The predicted octanol–water partition coefficient (Wildman–Crippen LogP) is 0.223. The number of nitrogens with zero attached hydrogens (tertiary/aromatic N) is 2. The first-order valence-corrected chi connectivity index (χ1v) is 6.73. The molecule has 1 aliphatic rings. The van der Waals surface area contributed by atoms with Crippen molar-refractivity contribution >= 4 is 11.9 Å². The van der Waals surface area contributed by atoms with E-state index in [1.165, 1.54) is 0 Å². The lowest BCUT2D eigenvalue weighted by Gasteiger charge is -2.24. The quantitative estimate of drug-likeness (QED) is 0.295. The van der Waals surface area contributed by atoms with E-state index in [0.29, 0.717) is 5.57 Å². The molecule has 0 aromatic rings. The van der Waals surface area contributed by atoms with Gasteiger partial charge in [-0.1, -0.05) is 19.9 Å². The second-order valence-corrected chi connectivity index (χ2v) is 4.84. The van der Waals surface area contributed by atoms with E-state index in [-0.39, 0.29) is 44.2 Å². The fourth-order valence-electron chi connectivity index (χ4n) is 1.55. The van der Waals surface area contributed by atoms with E-state index >= 15 is 0 Å². The summed E-state index contributed by atoms with van der Waals surface area (Å²) in [7, 11) is 0. The Kier molecular flexibility index (Phi) is 6.87. The Morgan fingerprint density at radius 1 is 1.50 bits per heavy atom. The van der Waals surface area contributed by atoms with Crippen LogP contribution < -0.4 is 5.32 Å². The molecule has 0 aromatic heterocycles. The molecule has 1 amide bonds. The molecule has 9 heteroatoms. The van der Waals surface area contributed by atoms with Crippen LogP contribution in [0.4, 0.5) is 0 Å². The first kappa shape index (κ1) is 17.5. The average Bonchev–Trinajstić information content (AvgIpc) is 2.48. The van der Waals surface area contributed by atoms with Crippen LogP contribution in [0.1, 0.15) is 13.8 Å². The lowest BCUT2D eigenvalue weighted by molar-refractivity contribution is -0.757. The van der Waals surface area contributed by atoms with Crippen LogP contribution in [0.5, 0.6) is 0 Å². The number of allylic oxidation sites excluding steroid dienone is 2. The van der Waals surface area contributed by atoms with Crippen molar-refractivity contribution in [1.29, 1.82) is 0 Å². The second kappa shape index (κ2) is 8.65. The van der Waals surface area contributed by atoms with Gasteiger partial charge in [0.2, 0.25) is 5.91 Å². The third-order valence-electron chi connectivity index (χ3n) is 2.69. The Morgan fingerprint density at radius 2 is 2.23 bits per heavy atom. The minimum atomic E-state index is -0.917. The van der Waals surface area contributed by atoms with Crippen molar-refractivity contribution in [3.63, 3.8) is 0 Å². The van der Waals surface area contributed by atoms with Crippen LogP contribution in [-0.4, -0.2) is 48.3 Å². The molecular weight excluding hydrogens is 294 g/mol. The number of carbonyl (C=O) groups is 2. The van der Waals surface area contributed by atoms with Gasteiger partial charge in [-0.05, 0) is 6.08 Å². The second-order valence-electron chi connectivity index (χ2n) is 4.84. The lowest BCUT2D eigenvalue weighted by atomic mass is 10.2. The van der Waals surface area contributed by atoms with Crippen LogP contribution >= 0.6 is 0 Å². The number of amides is 1. The van der Waals surface area contributed by atoms with E-state index in [1.54, 1.807) is 37.1 Å². The number of esters is 1. The maximum absolute atomic E-state index is 11.9. The van der Waals surface area contributed by atoms with Crippen LogP contribution in [0.25, 0.3) is 0 Å². The summed E-state index contributed by atoms with van der Waals surface area (Å²) in [6.45, 7) is 3.63. The highest BCUT2D eigenvalue weighted by Gasteiger charge is 2.16. The van der Waals surface area contributed by atoms with E-state index < -0.39 is 5.09 Å². The summed E-state index contributed by atoms with van der Waals surface area (Å²) < 4.78 is 5.08. The predicted molar refractivity (Wildman–Crippen MR) is 75.7 cm³/mol. The Hall–Kier alpha value is -2.58. The number of nitrogens with one attached hydrogen (secondary N) is 1. The third-order valence-corrected chi connectivity index (χ3v) is 2.69. The van der Waals surface area contributed by atoms with Crippen molar-refractivity contribution in [2.24, 2.45) is 5.92 Å². The molecule has 0 bridgehead atoms. The van der Waals surface area contributed by atoms with E-state index in [2.05, 4.69) is 10.2 Å². The minimum Gasteiger partial charge on any atom is -0.444 e. The molecule has 122 valence electrons. The number of hydrogen-bond donors (Lipinski definition) is 1. The maximum atomic E-state index is 11.9. The van der Waals surface area contributed by atoms with Gasteiger partial charge in [0.25, 0.3) is 5.09 Å². The number of hydrogen-bond acceptors (Lipinski definition) is 7. The van der Waals surface area contributed by atoms with Crippen LogP contribution in [0.15, 0.2) is 23.9 Å². The van der Waals surface area contributed by atoms with Gasteiger partial charge in [-0.3, -0.25) is 9.59 Å². The van der Waals surface area contributed by atoms with Crippen LogP contribution in [0.2, 0.25) is 0 Å². The summed E-state index contributed by atoms with van der Waals surface area (Å²) in [4.78, 5) is 39.0. The molecule has 1 heterocycles. The van der Waals surface area contributed by atoms with E-state index in [0.717, 1.165) is 0 Å². The van der Waals surface area contributed by atoms with Gasteiger partial charge in [0.05, 0.1) is 12.5 Å². The van der Waals surface area contributed by atoms with Gasteiger partial charge in [0.15, 0.2) is 6.73 Å². The molecule has 0 saturated carbocycles. The van der Waals surface area contributed by atoms with Crippen LogP contribution in [0.3, 0.4) is 0 Å². The van der Waals surface area contributed by atoms with Gasteiger partial charge >= 0.3 is 5.97 Å². The first-order valence-electron chi connectivity index (χ1n) is 6.73. The molecular formula is C13H19N3O6. The summed E-state index contributed by atoms with van der Waals surface area (Å²) >= 11 is 0. The summed E-state index contributed by atoms with van der Waals surface area (Å²) in [5.74, 6) is -0.879. The molecule has 0 aromatic carbocycles. The third kappa shape index (κ3) is 6.25. The summed E-state index contributed by atoms with van der Waals surface area (Å²) in [6.07, 6.45) is 5.00. The van der Waals surface area contributed by atoms with E-state index in [9.17, 15) is 19.7 Å². The summed E-state index contributed by atoms with van der Waals surface area (Å²) in [5.41, 5.74) is 0.462. The molecule has 0 saturated heterocycles. The zero-order valence-corrected chi connectivity index (χ0v) is 12.5. The summed E-state index contributed by atoms with van der Waals surface area (Å²) in [5, 5.41) is 11.6. The molecule has 0 atom stereocenters. The standard InChI is InChI=1S/C13H19N3O6/c1-10(2)13(18)21-9-15-6-3-4-11(8-15)12(17)14-5-7-22-16(19)20/h3-4,6,10H,5,7-9H2,1-2H3,(H,14,17). The Labute approximate surface area is 127 Å². The molecule has 1 aliphatic heterocycles. The normalized spacial score (nSPS) is 13.6. The maximum Gasteiger partial charge on any atom is 0.310 e. The first-order chi connectivity index (χ1) is 10.4. The molecule has 0 aliphatic carbocycles. The lowest BCUT2D eigenvalue weighted by Crippen LogP contribution is -2.35. The van der Waals surface area contributed by atoms with Crippen molar-refractivity contribution in [1.82, 2.24) is 10.2 Å². The van der Waals surface area contributed by atoms with Crippen molar-refractivity contribution in [3.8, 4) is 0 Å². The monoisotopic (exact) mass is 313 g/mol. The topological polar surface area (TPSA) is 111 Å². The highest BCUT2D eigenvalue weighted by molar-refractivity contribution is 5.94. The van der Waals surface area contributed by atoms with Gasteiger partial charge < -0.3 is 19.8 Å².